The first kappa shape index (κ1) is 21.4. The quantitative estimate of drug-likeness (QED) is 0.252. The fourth-order valence-electron chi connectivity index (χ4n) is 2.05. The van der Waals surface area contributed by atoms with Gasteiger partial charge in [0.05, 0.1) is 19.8 Å². The number of carbonyl (C=O) groups is 2. The van der Waals surface area contributed by atoms with Crippen LogP contribution >= 0.6 is 0 Å². The van der Waals surface area contributed by atoms with Gasteiger partial charge in [0.2, 0.25) is 5.91 Å². The van der Waals surface area contributed by atoms with Gasteiger partial charge in [-0.2, -0.15) is 0 Å². The average molecular weight is 323 g/mol. The molecule has 130 valence electrons. The molecule has 0 saturated heterocycles. The lowest BCUT2D eigenvalue weighted by Gasteiger charge is -2.31. The zero-order valence-corrected chi connectivity index (χ0v) is 14.9. The number of terminal acetylenes is 1. The van der Waals surface area contributed by atoms with E-state index in [2.05, 4.69) is 19.8 Å². The SMILES string of the molecule is C#CCOCC(C)(C)COCC(C)(C)CN(C)C(=O)/C=C\C=O. The molecule has 5 heteroatoms. The molecule has 23 heavy (non-hydrogen) atoms. The summed E-state index contributed by atoms with van der Waals surface area (Å²) in [6, 6.07) is 0. The molecule has 0 aliphatic rings. The zero-order chi connectivity index (χ0) is 17.9. The molecule has 0 aliphatic carbocycles. The second-order valence-electron chi connectivity index (χ2n) is 7.21. The van der Waals surface area contributed by atoms with E-state index in [1.54, 1.807) is 11.9 Å². The smallest absolute Gasteiger partial charge is 0.246 e. The van der Waals surface area contributed by atoms with Crippen molar-refractivity contribution in [1.29, 1.82) is 0 Å². The van der Waals surface area contributed by atoms with Crippen LogP contribution in [0, 0.1) is 23.2 Å². The van der Waals surface area contributed by atoms with Crippen molar-refractivity contribution in [1.82, 2.24) is 4.90 Å². The lowest BCUT2D eigenvalue weighted by Crippen LogP contribution is -2.38. The fourth-order valence-corrected chi connectivity index (χ4v) is 2.05. The van der Waals surface area contributed by atoms with Gasteiger partial charge in [-0.05, 0) is 6.08 Å². The number of likely N-dealkylation sites (N-methyl/N-ethyl adjacent to an activating group) is 1. The van der Waals surface area contributed by atoms with Gasteiger partial charge in [0.1, 0.15) is 12.9 Å². The molecule has 0 radical (unpaired) electrons. The Balaban J connectivity index is 4.26. The van der Waals surface area contributed by atoms with Crippen LogP contribution in [0.1, 0.15) is 27.7 Å². The van der Waals surface area contributed by atoms with Gasteiger partial charge in [-0.25, -0.2) is 0 Å². The van der Waals surface area contributed by atoms with Crippen molar-refractivity contribution in [3.8, 4) is 12.3 Å². The van der Waals surface area contributed by atoms with E-state index < -0.39 is 0 Å². The molecule has 1 amide bonds. The maximum atomic E-state index is 11.8. The number of amides is 1. The fraction of sp³-hybridized carbons (Fsp3) is 0.667. The molecule has 0 heterocycles. The Morgan fingerprint density at radius 2 is 1.70 bits per heavy atom. The monoisotopic (exact) mass is 323 g/mol. The summed E-state index contributed by atoms with van der Waals surface area (Å²) in [4.78, 5) is 23.6. The molecule has 0 aromatic heterocycles. The van der Waals surface area contributed by atoms with Crippen molar-refractivity contribution in [2.24, 2.45) is 10.8 Å². The lowest BCUT2D eigenvalue weighted by atomic mass is 9.93. The van der Waals surface area contributed by atoms with Gasteiger partial charge in [-0.1, -0.05) is 33.6 Å². The maximum absolute atomic E-state index is 11.8. The minimum atomic E-state index is -0.201. The number of aldehydes is 1. The Morgan fingerprint density at radius 3 is 2.26 bits per heavy atom. The largest absolute Gasteiger partial charge is 0.380 e. The number of hydrogen-bond acceptors (Lipinski definition) is 4. The third-order valence-electron chi connectivity index (χ3n) is 3.02. The molecule has 5 nitrogen and oxygen atoms in total. The van der Waals surface area contributed by atoms with E-state index in [0.717, 1.165) is 0 Å². The van der Waals surface area contributed by atoms with Gasteiger partial charge >= 0.3 is 0 Å². The van der Waals surface area contributed by atoms with Crippen molar-refractivity contribution >= 4 is 12.2 Å². The van der Waals surface area contributed by atoms with Crippen LogP contribution in [0.2, 0.25) is 0 Å². The number of ether oxygens (including phenoxy) is 2. The normalized spacial score (nSPS) is 12.2. The van der Waals surface area contributed by atoms with Gasteiger partial charge in [0.15, 0.2) is 0 Å². The first-order valence-electron chi connectivity index (χ1n) is 7.59. The predicted octanol–water partition coefficient (Wildman–Crippen LogP) is 1.92. The highest BCUT2D eigenvalue weighted by molar-refractivity contribution is 5.90. The van der Waals surface area contributed by atoms with E-state index in [1.807, 2.05) is 13.8 Å². The molecule has 0 saturated carbocycles. The molecule has 0 aromatic rings. The predicted molar refractivity (Wildman–Crippen MR) is 90.9 cm³/mol. The first-order valence-corrected chi connectivity index (χ1v) is 7.59. The highest BCUT2D eigenvalue weighted by Crippen LogP contribution is 2.21. The van der Waals surface area contributed by atoms with E-state index in [1.165, 1.54) is 12.2 Å². The molecule has 0 fully saturated rings. The van der Waals surface area contributed by atoms with Gasteiger partial charge in [0.25, 0.3) is 0 Å². The average Bonchev–Trinajstić information content (AvgIpc) is 2.43. The van der Waals surface area contributed by atoms with Crippen molar-refractivity contribution in [3.05, 3.63) is 12.2 Å². The summed E-state index contributed by atoms with van der Waals surface area (Å²) in [7, 11) is 1.71. The van der Waals surface area contributed by atoms with Gasteiger partial charge in [-0.3, -0.25) is 9.59 Å². The maximum Gasteiger partial charge on any atom is 0.246 e. The van der Waals surface area contributed by atoms with Gasteiger partial charge in [0, 0.05) is 30.5 Å². The summed E-state index contributed by atoms with van der Waals surface area (Å²) in [5, 5.41) is 0. The van der Waals surface area contributed by atoms with Crippen LogP contribution < -0.4 is 0 Å². The molecule has 0 atom stereocenters. The minimum Gasteiger partial charge on any atom is -0.380 e. The highest BCUT2D eigenvalue weighted by Gasteiger charge is 2.25. The van der Waals surface area contributed by atoms with Crippen molar-refractivity contribution in [2.75, 3.05) is 40.0 Å². The number of carbonyl (C=O) groups excluding carboxylic acids is 2. The molecule has 0 aromatic carbocycles. The van der Waals surface area contributed by atoms with E-state index >= 15 is 0 Å². The van der Waals surface area contributed by atoms with Crippen LogP contribution in [-0.4, -0.2) is 57.1 Å². The highest BCUT2D eigenvalue weighted by atomic mass is 16.5. The number of nitrogens with zero attached hydrogens (tertiary/aromatic N) is 1. The molecule has 0 aliphatic heterocycles. The van der Waals surface area contributed by atoms with Crippen LogP contribution in [0.4, 0.5) is 0 Å². The van der Waals surface area contributed by atoms with Crippen molar-refractivity contribution in [2.45, 2.75) is 27.7 Å². The number of hydrogen-bond donors (Lipinski definition) is 0. The van der Waals surface area contributed by atoms with Crippen LogP contribution in [0.3, 0.4) is 0 Å². The zero-order valence-electron chi connectivity index (χ0n) is 14.9. The molecule has 0 spiro atoms. The summed E-state index contributed by atoms with van der Waals surface area (Å²) < 4.78 is 11.2. The Hall–Kier alpha value is -1.64. The minimum absolute atomic E-state index is 0.124. The Morgan fingerprint density at radius 1 is 1.13 bits per heavy atom. The summed E-state index contributed by atoms with van der Waals surface area (Å²) in [5.41, 5.74) is -0.323. The van der Waals surface area contributed by atoms with E-state index in [0.29, 0.717) is 39.3 Å². The molecular weight excluding hydrogens is 294 g/mol. The number of rotatable bonds is 11. The van der Waals surface area contributed by atoms with Crippen LogP contribution in [0.25, 0.3) is 0 Å². The first-order chi connectivity index (χ1) is 10.6. The second kappa shape index (κ2) is 10.2. The Labute approximate surface area is 140 Å². The topological polar surface area (TPSA) is 55.8 Å². The van der Waals surface area contributed by atoms with Crippen molar-refractivity contribution < 1.29 is 19.1 Å². The standard InChI is InChI=1S/C18H29NO4/c1-7-11-22-14-18(4,5)15-23-13-17(2,3)12-19(6)16(21)9-8-10-20/h1,8-10H,11-15H2,2-6H3/b9-8-. The third kappa shape index (κ3) is 10.7. The Kier molecular flexibility index (Phi) is 9.47. The van der Waals surface area contributed by atoms with Crippen LogP contribution in [0.15, 0.2) is 12.2 Å². The molecule has 0 N–H and O–H groups in total. The molecule has 0 unspecified atom stereocenters. The van der Waals surface area contributed by atoms with E-state index in [9.17, 15) is 9.59 Å². The molecular formula is C18H29NO4. The third-order valence-corrected chi connectivity index (χ3v) is 3.02. The van der Waals surface area contributed by atoms with Crippen LogP contribution in [-0.2, 0) is 19.1 Å². The van der Waals surface area contributed by atoms with E-state index in [-0.39, 0.29) is 16.7 Å². The summed E-state index contributed by atoms with van der Waals surface area (Å²) in [5.74, 6) is 2.24. The van der Waals surface area contributed by atoms with E-state index in [4.69, 9.17) is 15.9 Å². The van der Waals surface area contributed by atoms with Gasteiger partial charge in [-0.15, -0.1) is 6.42 Å². The second-order valence-corrected chi connectivity index (χ2v) is 7.21. The summed E-state index contributed by atoms with van der Waals surface area (Å²) in [6.07, 6.45) is 8.20. The summed E-state index contributed by atoms with van der Waals surface area (Å²) in [6.45, 7) is 10.6. The molecule has 0 bridgehead atoms. The number of allylic oxidation sites excluding steroid dienone is 1. The summed E-state index contributed by atoms with van der Waals surface area (Å²) >= 11 is 0. The lowest BCUT2D eigenvalue weighted by molar-refractivity contribution is -0.126. The Bertz CT molecular complexity index is 446. The van der Waals surface area contributed by atoms with Crippen molar-refractivity contribution in [3.63, 3.8) is 0 Å². The van der Waals surface area contributed by atoms with Gasteiger partial charge < -0.3 is 14.4 Å². The van der Waals surface area contributed by atoms with Crippen LogP contribution in [0.5, 0.6) is 0 Å². The molecule has 0 rings (SSSR count).